The van der Waals surface area contributed by atoms with Crippen LogP contribution in [-0.2, 0) is 7.05 Å². The lowest BCUT2D eigenvalue weighted by Gasteiger charge is -1.85. The fourth-order valence-corrected chi connectivity index (χ4v) is 1.26. The van der Waals surface area contributed by atoms with E-state index in [9.17, 15) is 0 Å². The first-order valence-corrected chi connectivity index (χ1v) is 3.24. The number of nitrogens with one attached hydrogen (secondary N) is 1. The first kappa shape index (κ1) is 5.53. The van der Waals surface area contributed by atoms with Gasteiger partial charge in [0.2, 0.25) is 0 Å². The monoisotopic (exact) mass is 135 g/mol. The van der Waals surface area contributed by atoms with Gasteiger partial charge in [0.25, 0.3) is 0 Å². The van der Waals surface area contributed by atoms with Crippen molar-refractivity contribution >= 4 is 11.0 Å². The number of aromatic nitrogens is 3. The van der Waals surface area contributed by atoms with Gasteiger partial charge >= 0.3 is 0 Å². The Bertz CT molecular complexity index is 324. The predicted molar refractivity (Wildman–Crippen MR) is 39.8 cm³/mol. The van der Waals surface area contributed by atoms with E-state index in [1.807, 2.05) is 13.2 Å². The van der Waals surface area contributed by atoms with Crippen molar-refractivity contribution in [2.24, 2.45) is 7.05 Å². The van der Waals surface area contributed by atoms with Crippen LogP contribution < -0.4 is 0 Å². The Morgan fingerprint density at radius 3 is 3.10 bits per heavy atom. The van der Waals surface area contributed by atoms with Crippen LogP contribution in [0.1, 0.15) is 5.56 Å². The Balaban J connectivity index is 2.98. The zero-order valence-corrected chi connectivity index (χ0v) is 6.05. The zero-order chi connectivity index (χ0) is 7.14. The van der Waals surface area contributed by atoms with E-state index < -0.39 is 0 Å². The third-order valence-electron chi connectivity index (χ3n) is 1.76. The number of fused-ring (bicyclic) bond motifs is 1. The molecule has 0 spiro atoms. The van der Waals surface area contributed by atoms with E-state index in [-0.39, 0.29) is 0 Å². The Kier molecular flexibility index (Phi) is 0.897. The predicted octanol–water partition coefficient (Wildman–Crippen LogP) is 1.21. The summed E-state index contributed by atoms with van der Waals surface area (Å²) in [5.41, 5.74) is 3.46. The Morgan fingerprint density at radius 2 is 2.40 bits per heavy atom. The highest BCUT2D eigenvalue weighted by Crippen LogP contribution is 2.15. The molecule has 0 bridgehead atoms. The SMILES string of the molecule is Cc1cn(C)c2c[nH]nc12. The highest BCUT2D eigenvalue weighted by atomic mass is 15.1. The molecule has 0 fully saturated rings. The zero-order valence-electron chi connectivity index (χ0n) is 6.05. The van der Waals surface area contributed by atoms with Gasteiger partial charge in [-0.1, -0.05) is 0 Å². The molecule has 2 heterocycles. The molecule has 3 heteroatoms. The van der Waals surface area contributed by atoms with Crippen molar-refractivity contribution in [3.05, 3.63) is 18.0 Å². The van der Waals surface area contributed by atoms with Crippen LogP contribution in [0, 0.1) is 6.92 Å². The molecule has 0 atom stereocenters. The number of hydrogen-bond acceptors (Lipinski definition) is 1. The number of aryl methyl sites for hydroxylation is 2. The van der Waals surface area contributed by atoms with Gasteiger partial charge in [-0.25, -0.2) is 0 Å². The van der Waals surface area contributed by atoms with Crippen molar-refractivity contribution in [3.63, 3.8) is 0 Å². The quantitative estimate of drug-likeness (QED) is 0.578. The molecule has 0 unspecified atom stereocenters. The van der Waals surface area contributed by atoms with Gasteiger partial charge in [0.05, 0.1) is 5.52 Å². The van der Waals surface area contributed by atoms with Crippen LogP contribution in [0.25, 0.3) is 11.0 Å². The van der Waals surface area contributed by atoms with Gasteiger partial charge in [0, 0.05) is 19.4 Å². The van der Waals surface area contributed by atoms with Crippen molar-refractivity contribution in [2.45, 2.75) is 6.92 Å². The summed E-state index contributed by atoms with van der Waals surface area (Å²) in [7, 11) is 2.02. The molecule has 0 aliphatic carbocycles. The lowest BCUT2D eigenvalue weighted by molar-refractivity contribution is 0.960. The molecule has 0 aliphatic heterocycles. The van der Waals surface area contributed by atoms with Crippen molar-refractivity contribution in [2.75, 3.05) is 0 Å². The summed E-state index contributed by atoms with van der Waals surface area (Å²) in [6, 6.07) is 0. The van der Waals surface area contributed by atoms with E-state index in [1.165, 1.54) is 5.56 Å². The van der Waals surface area contributed by atoms with Gasteiger partial charge in [-0.2, -0.15) is 5.10 Å². The number of rotatable bonds is 0. The molecular weight excluding hydrogens is 126 g/mol. The Labute approximate surface area is 58.7 Å². The summed E-state index contributed by atoms with van der Waals surface area (Å²) in [6.45, 7) is 2.06. The highest BCUT2D eigenvalue weighted by molar-refractivity contribution is 5.78. The maximum atomic E-state index is 4.09. The molecule has 2 aromatic rings. The number of H-pyrrole nitrogens is 1. The van der Waals surface area contributed by atoms with E-state index in [2.05, 4.69) is 27.9 Å². The van der Waals surface area contributed by atoms with E-state index in [1.54, 1.807) is 0 Å². The minimum absolute atomic E-state index is 1.07. The fraction of sp³-hybridized carbons (Fsp3) is 0.286. The summed E-state index contributed by atoms with van der Waals surface area (Å²) in [6.07, 6.45) is 3.98. The second-order valence-electron chi connectivity index (χ2n) is 2.54. The number of nitrogens with zero attached hydrogens (tertiary/aromatic N) is 2. The van der Waals surface area contributed by atoms with E-state index >= 15 is 0 Å². The minimum Gasteiger partial charge on any atom is -0.348 e. The molecule has 0 saturated carbocycles. The molecule has 3 nitrogen and oxygen atoms in total. The van der Waals surface area contributed by atoms with E-state index in [0.717, 1.165) is 11.0 Å². The molecule has 0 aromatic carbocycles. The maximum Gasteiger partial charge on any atom is 0.113 e. The summed E-state index contributed by atoms with van der Waals surface area (Å²) in [5, 5.41) is 6.92. The third kappa shape index (κ3) is 0.518. The molecule has 0 saturated heterocycles. The van der Waals surface area contributed by atoms with Gasteiger partial charge < -0.3 is 4.57 Å². The Morgan fingerprint density at radius 1 is 1.60 bits per heavy atom. The minimum atomic E-state index is 1.07. The van der Waals surface area contributed by atoms with Crippen LogP contribution in [-0.4, -0.2) is 14.8 Å². The smallest absolute Gasteiger partial charge is 0.113 e. The highest BCUT2D eigenvalue weighted by Gasteiger charge is 2.02. The Hall–Kier alpha value is -1.25. The topological polar surface area (TPSA) is 33.6 Å². The second kappa shape index (κ2) is 1.62. The maximum absolute atomic E-state index is 4.09. The normalized spacial score (nSPS) is 11.0. The lowest BCUT2D eigenvalue weighted by atomic mass is 10.3. The van der Waals surface area contributed by atoms with Crippen LogP contribution in [0.15, 0.2) is 12.4 Å². The molecule has 0 aliphatic rings. The molecule has 1 N–H and O–H groups in total. The first-order valence-electron chi connectivity index (χ1n) is 3.24. The number of aromatic amines is 1. The summed E-state index contributed by atoms with van der Waals surface area (Å²) in [5.74, 6) is 0. The molecule has 0 amide bonds. The molecule has 0 radical (unpaired) electrons. The second-order valence-corrected chi connectivity index (χ2v) is 2.54. The van der Waals surface area contributed by atoms with Crippen molar-refractivity contribution < 1.29 is 0 Å². The largest absolute Gasteiger partial charge is 0.348 e. The van der Waals surface area contributed by atoms with E-state index in [0.29, 0.717) is 0 Å². The van der Waals surface area contributed by atoms with Crippen LogP contribution in [0.4, 0.5) is 0 Å². The van der Waals surface area contributed by atoms with Gasteiger partial charge in [-0.15, -0.1) is 0 Å². The standard InChI is InChI=1S/C7H9N3/c1-5-4-10(2)6-3-8-9-7(5)6/h3-4H,1-2H3,(H,8,9). The number of hydrogen-bond donors (Lipinski definition) is 1. The summed E-state index contributed by atoms with van der Waals surface area (Å²) in [4.78, 5) is 0. The van der Waals surface area contributed by atoms with Gasteiger partial charge in [-0.3, -0.25) is 5.10 Å². The molecule has 2 aromatic heterocycles. The fourth-order valence-electron chi connectivity index (χ4n) is 1.26. The van der Waals surface area contributed by atoms with Gasteiger partial charge in [-0.05, 0) is 12.5 Å². The molecule has 2 rings (SSSR count). The molecule has 52 valence electrons. The van der Waals surface area contributed by atoms with Crippen LogP contribution in [0.2, 0.25) is 0 Å². The third-order valence-corrected chi connectivity index (χ3v) is 1.76. The molecule has 10 heavy (non-hydrogen) atoms. The van der Waals surface area contributed by atoms with E-state index in [4.69, 9.17) is 0 Å². The van der Waals surface area contributed by atoms with Crippen LogP contribution in [0.5, 0.6) is 0 Å². The first-order chi connectivity index (χ1) is 4.79. The average Bonchev–Trinajstić information content (AvgIpc) is 2.39. The summed E-state index contributed by atoms with van der Waals surface area (Å²) < 4.78 is 2.06. The van der Waals surface area contributed by atoms with Crippen LogP contribution >= 0.6 is 0 Å². The van der Waals surface area contributed by atoms with Gasteiger partial charge in [0.15, 0.2) is 0 Å². The van der Waals surface area contributed by atoms with Crippen molar-refractivity contribution in [1.82, 2.24) is 14.8 Å². The van der Waals surface area contributed by atoms with Crippen molar-refractivity contribution in [1.29, 1.82) is 0 Å². The lowest BCUT2D eigenvalue weighted by Crippen LogP contribution is -1.80. The summed E-state index contributed by atoms with van der Waals surface area (Å²) >= 11 is 0. The van der Waals surface area contributed by atoms with Crippen molar-refractivity contribution in [3.8, 4) is 0 Å². The van der Waals surface area contributed by atoms with Crippen LogP contribution in [0.3, 0.4) is 0 Å². The average molecular weight is 135 g/mol. The molecular formula is C7H9N3. The van der Waals surface area contributed by atoms with Gasteiger partial charge in [0.1, 0.15) is 5.52 Å².